The first-order valence-electron chi connectivity index (χ1n) is 15.1. The summed E-state index contributed by atoms with van der Waals surface area (Å²) in [5, 5.41) is 5.72. The lowest BCUT2D eigenvalue weighted by Gasteiger charge is -2.34. The van der Waals surface area contributed by atoms with Gasteiger partial charge in [-0.15, -0.1) is 0 Å². The van der Waals surface area contributed by atoms with Crippen molar-refractivity contribution in [1.82, 2.24) is 10.6 Å². The molecule has 2 aromatic carbocycles. The van der Waals surface area contributed by atoms with Crippen molar-refractivity contribution in [3.63, 3.8) is 0 Å². The molecule has 0 aromatic heterocycles. The van der Waals surface area contributed by atoms with Crippen molar-refractivity contribution in [3.8, 4) is 0 Å². The average Bonchev–Trinajstić information content (AvgIpc) is 3.01. The van der Waals surface area contributed by atoms with Crippen LogP contribution >= 0.6 is 0 Å². The maximum Gasteiger partial charge on any atom is 0.320 e. The molecule has 0 aliphatic heterocycles. The van der Waals surface area contributed by atoms with Gasteiger partial charge in [0.25, 0.3) is 0 Å². The first-order valence-corrected chi connectivity index (χ1v) is 15.1. The van der Waals surface area contributed by atoms with Crippen molar-refractivity contribution in [2.75, 3.05) is 33.4 Å². The number of rotatable bonds is 19. The smallest absolute Gasteiger partial charge is 0.320 e. The maximum atomic E-state index is 13.6. The first kappa shape index (κ1) is 36.4. The summed E-state index contributed by atoms with van der Waals surface area (Å²) in [6.45, 7) is 10.2. The van der Waals surface area contributed by atoms with Gasteiger partial charge in [0.05, 0.1) is 13.2 Å². The zero-order valence-electron chi connectivity index (χ0n) is 26.8. The Morgan fingerprint density at radius 1 is 0.773 bits per heavy atom. The second-order valence-electron chi connectivity index (χ2n) is 11.7. The van der Waals surface area contributed by atoms with E-state index >= 15 is 0 Å². The number of carbonyl (C=O) groups excluding carboxylic acids is 4. The van der Waals surface area contributed by atoms with Gasteiger partial charge in [0.2, 0.25) is 11.8 Å². The molecule has 0 saturated carbocycles. The predicted octanol–water partition coefficient (Wildman–Crippen LogP) is 4.06. The van der Waals surface area contributed by atoms with Crippen molar-refractivity contribution < 1.29 is 38.1 Å². The summed E-state index contributed by atoms with van der Waals surface area (Å²) >= 11 is 0. The van der Waals surface area contributed by atoms with Crippen LogP contribution in [-0.2, 0) is 51.3 Å². The number of hydrogen-bond donors (Lipinski definition) is 2. The molecule has 2 N–H and O–H groups in total. The van der Waals surface area contributed by atoms with Gasteiger partial charge >= 0.3 is 11.9 Å². The van der Waals surface area contributed by atoms with Crippen LogP contribution in [-0.4, -0.2) is 63.3 Å². The first-order chi connectivity index (χ1) is 21.0. The number of esters is 2. The fraction of sp³-hybridized carbons (Fsp3) is 0.529. The second-order valence-corrected chi connectivity index (χ2v) is 11.7. The van der Waals surface area contributed by atoms with E-state index in [9.17, 15) is 19.2 Å². The fourth-order valence-corrected chi connectivity index (χ4v) is 4.59. The third-order valence-corrected chi connectivity index (χ3v) is 7.24. The average molecular weight is 613 g/mol. The van der Waals surface area contributed by atoms with E-state index in [1.54, 1.807) is 7.11 Å². The van der Waals surface area contributed by atoms with E-state index in [4.69, 9.17) is 18.9 Å². The molecule has 0 heterocycles. The highest BCUT2D eigenvalue weighted by molar-refractivity contribution is 5.95. The van der Waals surface area contributed by atoms with E-state index in [0.717, 1.165) is 11.1 Å². The van der Waals surface area contributed by atoms with Gasteiger partial charge in [0, 0.05) is 31.5 Å². The summed E-state index contributed by atoms with van der Waals surface area (Å²) < 4.78 is 22.0. The normalized spacial score (nSPS) is 12.8. The Morgan fingerprint density at radius 2 is 1.30 bits per heavy atom. The minimum atomic E-state index is -1.31. The highest BCUT2D eigenvalue weighted by Gasteiger charge is 2.39. The summed E-state index contributed by atoms with van der Waals surface area (Å²) in [6, 6.07) is 18.3. The second kappa shape index (κ2) is 18.8. The highest BCUT2D eigenvalue weighted by Crippen LogP contribution is 2.27. The van der Waals surface area contributed by atoms with Crippen LogP contribution in [0.2, 0.25) is 0 Å². The SMILES string of the molecule is CCNC(=O)C(OCCOC)C(C)(C)CNC(=O)C(CC(C(=O)OCc1ccccc1)C(=O)OCc1ccccc1)C(C)C. The van der Waals surface area contributed by atoms with Gasteiger partial charge < -0.3 is 29.6 Å². The van der Waals surface area contributed by atoms with Crippen LogP contribution in [0.15, 0.2) is 60.7 Å². The summed E-state index contributed by atoms with van der Waals surface area (Å²) in [5.74, 6) is -4.40. The third-order valence-electron chi connectivity index (χ3n) is 7.24. The van der Waals surface area contributed by atoms with Crippen LogP contribution in [0.1, 0.15) is 52.2 Å². The Bertz CT molecular complexity index is 1110. The number of benzene rings is 2. The van der Waals surface area contributed by atoms with E-state index in [-0.39, 0.29) is 50.5 Å². The Labute approximate surface area is 261 Å². The quantitative estimate of drug-likeness (QED) is 0.138. The molecule has 2 amide bonds. The third kappa shape index (κ3) is 12.1. The van der Waals surface area contributed by atoms with Crippen molar-refractivity contribution >= 4 is 23.8 Å². The molecule has 0 aliphatic rings. The maximum absolute atomic E-state index is 13.6. The van der Waals surface area contributed by atoms with Crippen molar-refractivity contribution in [1.29, 1.82) is 0 Å². The molecule has 0 fully saturated rings. The highest BCUT2D eigenvalue weighted by atomic mass is 16.6. The number of methoxy groups -OCH3 is 1. The molecule has 2 unspecified atom stereocenters. The van der Waals surface area contributed by atoms with Gasteiger partial charge in [-0.2, -0.15) is 0 Å². The number of carbonyl (C=O) groups is 4. The Morgan fingerprint density at radius 3 is 1.75 bits per heavy atom. The molecule has 0 bridgehead atoms. The summed E-state index contributed by atoms with van der Waals surface area (Å²) in [6.07, 6.45) is -0.945. The van der Waals surface area contributed by atoms with Gasteiger partial charge in [-0.25, -0.2) is 0 Å². The molecule has 10 heteroatoms. The van der Waals surface area contributed by atoms with Crippen LogP contribution in [0, 0.1) is 23.2 Å². The minimum Gasteiger partial charge on any atom is -0.460 e. The summed E-state index contributed by atoms with van der Waals surface area (Å²) in [4.78, 5) is 53.0. The van der Waals surface area contributed by atoms with Gasteiger partial charge in [0.15, 0.2) is 5.92 Å². The standard InChI is InChI=1S/C34H48N2O8/c1-7-35-31(38)29(42-19-18-41-6)34(4,5)23-36-30(37)27(24(2)3)20-28(32(39)43-21-25-14-10-8-11-15-25)33(40)44-22-26-16-12-9-13-17-26/h8-17,24,27-29H,7,18-23H2,1-6H3,(H,35,38)(H,36,37). The minimum absolute atomic E-state index is 0.0147. The molecule has 0 aliphatic carbocycles. The molecule has 0 radical (unpaired) electrons. The predicted molar refractivity (Wildman–Crippen MR) is 166 cm³/mol. The molecule has 2 aromatic rings. The van der Waals surface area contributed by atoms with Crippen LogP contribution in [0.3, 0.4) is 0 Å². The molecular formula is C34H48N2O8. The number of ether oxygens (including phenoxy) is 4. The molecule has 2 rings (SSSR count). The van der Waals surface area contributed by atoms with E-state index in [0.29, 0.717) is 13.2 Å². The van der Waals surface area contributed by atoms with E-state index in [2.05, 4.69) is 10.6 Å². The molecule has 44 heavy (non-hydrogen) atoms. The van der Waals surface area contributed by atoms with Crippen LogP contribution in [0.25, 0.3) is 0 Å². The molecule has 242 valence electrons. The van der Waals surface area contributed by atoms with Crippen molar-refractivity contribution in [2.24, 2.45) is 23.2 Å². The van der Waals surface area contributed by atoms with Crippen LogP contribution in [0.4, 0.5) is 0 Å². The zero-order valence-corrected chi connectivity index (χ0v) is 26.8. The van der Waals surface area contributed by atoms with E-state index < -0.39 is 35.3 Å². The van der Waals surface area contributed by atoms with Gasteiger partial charge in [-0.05, 0) is 30.4 Å². The number of likely N-dealkylation sites (N-methyl/N-ethyl adjacent to an activating group) is 1. The van der Waals surface area contributed by atoms with E-state index in [1.807, 2.05) is 95.3 Å². The summed E-state index contributed by atoms with van der Waals surface area (Å²) in [5.41, 5.74) is 0.756. The Balaban J connectivity index is 2.18. The van der Waals surface area contributed by atoms with Gasteiger partial charge in [-0.3, -0.25) is 19.2 Å². The molecular weight excluding hydrogens is 564 g/mol. The van der Waals surface area contributed by atoms with E-state index in [1.165, 1.54) is 0 Å². The van der Waals surface area contributed by atoms with Crippen LogP contribution in [0.5, 0.6) is 0 Å². The molecule has 2 atom stereocenters. The van der Waals surface area contributed by atoms with Crippen molar-refractivity contribution in [2.45, 2.75) is 60.4 Å². The monoisotopic (exact) mass is 612 g/mol. The number of nitrogens with one attached hydrogen (secondary N) is 2. The topological polar surface area (TPSA) is 129 Å². The number of hydrogen-bond acceptors (Lipinski definition) is 8. The Hall–Kier alpha value is -3.76. The molecule has 0 spiro atoms. The molecule has 10 nitrogen and oxygen atoms in total. The molecule has 0 saturated heterocycles. The zero-order chi connectivity index (χ0) is 32.5. The lowest BCUT2D eigenvalue weighted by atomic mass is 9.83. The van der Waals surface area contributed by atoms with Gasteiger partial charge in [0.1, 0.15) is 19.3 Å². The van der Waals surface area contributed by atoms with Gasteiger partial charge in [-0.1, -0.05) is 88.4 Å². The lowest BCUT2D eigenvalue weighted by molar-refractivity contribution is -0.165. The number of amides is 2. The van der Waals surface area contributed by atoms with Crippen LogP contribution < -0.4 is 10.6 Å². The summed E-state index contributed by atoms with van der Waals surface area (Å²) in [7, 11) is 1.55. The lowest BCUT2D eigenvalue weighted by Crippen LogP contribution is -2.51. The Kier molecular flexibility index (Phi) is 15.6. The van der Waals surface area contributed by atoms with Crippen molar-refractivity contribution in [3.05, 3.63) is 71.8 Å². The fourth-order valence-electron chi connectivity index (χ4n) is 4.59. The largest absolute Gasteiger partial charge is 0.460 e.